The highest BCUT2D eigenvalue weighted by Crippen LogP contribution is 2.57. The lowest BCUT2D eigenvalue weighted by atomic mass is 10.1. The first-order valence-corrected chi connectivity index (χ1v) is 9.32. The van der Waals surface area contributed by atoms with E-state index in [0.717, 1.165) is 36.6 Å². The van der Waals surface area contributed by atoms with Crippen molar-refractivity contribution in [3.8, 4) is 17.6 Å². The van der Waals surface area contributed by atoms with Gasteiger partial charge >= 0.3 is 5.92 Å². The molecule has 0 aromatic heterocycles. The van der Waals surface area contributed by atoms with Crippen LogP contribution in [0.15, 0.2) is 35.2 Å². The smallest absolute Gasteiger partial charge is 0.312 e. The third-order valence-corrected chi connectivity index (χ3v) is 5.28. The Balaban J connectivity index is 2.19. The molecule has 1 aliphatic carbocycles. The SMILES string of the molecule is CS(=O)(=O)c1ccc(Oc2ccc(F)c(C#N)c2)c2c1C(O)C(F)(F)C2F. The first kappa shape index (κ1) is 19.1. The van der Waals surface area contributed by atoms with Crippen molar-refractivity contribution >= 4 is 9.84 Å². The summed E-state index contributed by atoms with van der Waals surface area (Å²) in [5, 5.41) is 18.7. The molecular weight excluding hydrogens is 390 g/mol. The summed E-state index contributed by atoms with van der Waals surface area (Å²) in [7, 11) is -4.05. The van der Waals surface area contributed by atoms with Crippen molar-refractivity contribution in [3.63, 3.8) is 0 Å². The first-order valence-electron chi connectivity index (χ1n) is 7.42. The fraction of sp³-hybridized carbons (Fsp3) is 0.235. The van der Waals surface area contributed by atoms with Crippen LogP contribution < -0.4 is 4.74 Å². The zero-order chi connectivity index (χ0) is 20.1. The quantitative estimate of drug-likeness (QED) is 0.795. The molecule has 27 heavy (non-hydrogen) atoms. The van der Waals surface area contributed by atoms with E-state index in [2.05, 4.69) is 0 Å². The van der Waals surface area contributed by atoms with Gasteiger partial charge in [-0.05, 0) is 24.3 Å². The van der Waals surface area contributed by atoms with Crippen molar-refractivity contribution in [2.75, 3.05) is 6.26 Å². The van der Waals surface area contributed by atoms with E-state index in [1.165, 1.54) is 0 Å². The third kappa shape index (κ3) is 3.02. The highest BCUT2D eigenvalue weighted by Gasteiger charge is 2.58. The van der Waals surface area contributed by atoms with Gasteiger partial charge in [0.25, 0.3) is 0 Å². The molecule has 0 saturated heterocycles. The Hall–Kier alpha value is -2.64. The summed E-state index contributed by atoms with van der Waals surface area (Å²) in [6.45, 7) is 0. The highest BCUT2D eigenvalue weighted by atomic mass is 32.2. The molecule has 1 N–H and O–H groups in total. The van der Waals surface area contributed by atoms with Crippen molar-refractivity contribution < 1.29 is 35.8 Å². The number of aliphatic hydroxyl groups is 1. The number of hydrogen-bond donors (Lipinski definition) is 1. The summed E-state index contributed by atoms with van der Waals surface area (Å²) >= 11 is 0. The van der Waals surface area contributed by atoms with Crippen LogP contribution in [0.25, 0.3) is 0 Å². The van der Waals surface area contributed by atoms with Crippen LogP contribution in [0.4, 0.5) is 17.6 Å². The minimum Gasteiger partial charge on any atom is -0.457 e. The molecule has 0 bridgehead atoms. The van der Waals surface area contributed by atoms with Crippen molar-refractivity contribution in [2.24, 2.45) is 0 Å². The van der Waals surface area contributed by atoms with E-state index in [1.54, 1.807) is 6.07 Å². The van der Waals surface area contributed by atoms with Crippen LogP contribution in [0, 0.1) is 17.1 Å². The van der Waals surface area contributed by atoms with E-state index in [4.69, 9.17) is 10.00 Å². The molecule has 2 atom stereocenters. The number of nitrogens with zero attached hydrogens (tertiary/aromatic N) is 1. The molecule has 3 rings (SSSR count). The van der Waals surface area contributed by atoms with Crippen LogP contribution in [0.5, 0.6) is 11.5 Å². The molecule has 1 aliphatic rings. The maximum absolute atomic E-state index is 14.4. The summed E-state index contributed by atoms with van der Waals surface area (Å²) < 4.78 is 84.8. The lowest BCUT2D eigenvalue weighted by Gasteiger charge is -2.16. The summed E-state index contributed by atoms with van der Waals surface area (Å²) in [5.74, 6) is -5.73. The Kier molecular flexibility index (Phi) is 4.40. The van der Waals surface area contributed by atoms with E-state index in [0.29, 0.717) is 0 Å². The Morgan fingerprint density at radius 3 is 2.48 bits per heavy atom. The van der Waals surface area contributed by atoms with Crippen molar-refractivity contribution in [1.29, 1.82) is 5.26 Å². The molecule has 5 nitrogen and oxygen atoms in total. The van der Waals surface area contributed by atoms with Gasteiger partial charge in [0.15, 0.2) is 16.0 Å². The molecule has 0 spiro atoms. The second-order valence-corrected chi connectivity index (χ2v) is 7.94. The number of hydrogen-bond acceptors (Lipinski definition) is 5. The minimum absolute atomic E-state index is 0.154. The molecule has 0 radical (unpaired) electrons. The summed E-state index contributed by atoms with van der Waals surface area (Å²) in [4.78, 5) is -0.644. The Labute approximate surface area is 151 Å². The van der Waals surface area contributed by atoms with E-state index in [1.807, 2.05) is 0 Å². The fourth-order valence-corrected chi connectivity index (χ4v) is 3.79. The average molecular weight is 401 g/mol. The predicted octanol–water partition coefficient (Wildman–Crippen LogP) is 3.59. The molecule has 142 valence electrons. The van der Waals surface area contributed by atoms with Crippen molar-refractivity contribution in [1.82, 2.24) is 0 Å². The number of ether oxygens (including phenoxy) is 1. The number of fused-ring (bicyclic) bond motifs is 1. The van der Waals surface area contributed by atoms with E-state index in [-0.39, 0.29) is 11.3 Å². The van der Waals surface area contributed by atoms with Gasteiger partial charge in [-0.3, -0.25) is 0 Å². The number of sulfone groups is 1. The van der Waals surface area contributed by atoms with E-state index < -0.39 is 55.6 Å². The summed E-state index contributed by atoms with van der Waals surface area (Å²) in [6.07, 6.45) is -4.97. The van der Waals surface area contributed by atoms with Crippen LogP contribution in [0.1, 0.15) is 29.0 Å². The molecule has 0 aliphatic heterocycles. The molecular formula is C17H11F4NO4S. The molecule has 2 aromatic rings. The monoisotopic (exact) mass is 401 g/mol. The van der Waals surface area contributed by atoms with Crippen LogP contribution in [-0.4, -0.2) is 25.7 Å². The second kappa shape index (κ2) is 6.21. The van der Waals surface area contributed by atoms with Crippen molar-refractivity contribution in [3.05, 3.63) is 52.8 Å². The van der Waals surface area contributed by atoms with Crippen LogP contribution in [0.2, 0.25) is 0 Å². The van der Waals surface area contributed by atoms with Gasteiger partial charge in [-0.15, -0.1) is 0 Å². The standard InChI is InChI=1S/C17H11F4NO4S/c1-27(24,25)12-5-4-11(13-14(12)16(23)17(20,21)15(13)19)26-9-2-3-10(18)8(6-9)7-22/h2-6,15-16,23H,1H3. The zero-order valence-electron chi connectivity index (χ0n) is 13.6. The van der Waals surface area contributed by atoms with Crippen molar-refractivity contribution in [2.45, 2.75) is 23.1 Å². The number of nitriles is 1. The molecule has 2 unspecified atom stereocenters. The first-order chi connectivity index (χ1) is 12.5. The lowest BCUT2D eigenvalue weighted by Crippen LogP contribution is -2.24. The Morgan fingerprint density at radius 2 is 1.89 bits per heavy atom. The number of alkyl halides is 3. The van der Waals surface area contributed by atoms with Crippen LogP contribution in [0.3, 0.4) is 0 Å². The van der Waals surface area contributed by atoms with Gasteiger partial charge < -0.3 is 9.84 Å². The van der Waals surface area contributed by atoms with Gasteiger partial charge in [0.1, 0.15) is 29.5 Å². The Morgan fingerprint density at radius 1 is 1.22 bits per heavy atom. The molecule has 10 heteroatoms. The maximum Gasteiger partial charge on any atom is 0.312 e. The molecule has 0 amide bonds. The third-order valence-electron chi connectivity index (χ3n) is 4.12. The summed E-state index contributed by atoms with van der Waals surface area (Å²) in [5.41, 5.74) is -1.98. The highest BCUT2D eigenvalue weighted by molar-refractivity contribution is 7.90. The van der Waals surface area contributed by atoms with E-state index in [9.17, 15) is 31.1 Å². The van der Waals surface area contributed by atoms with Gasteiger partial charge in [-0.25, -0.2) is 17.2 Å². The predicted molar refractivity (Wildman–Crippen MR) is 84.5 cm³/mol. The normalized spacial score (nSPS) is 20.8. The van der Waals surface area contributed by atoms with Crippen LogP contribution in [-0.2, 0) is 9.84 Å². The van der Waals surface area contributed by atoms with Gasteiger partial charge in [-0.2, -0.15) is 14.0 Å². The van der Waals surface area contributed by atoms with E-state index >= 15 is 0 Å². The molecule has 0 heterocycles. The van der Waals surface area contributed by atoms with Gasteiger partial charge in [0.2, 0.25) is 0 Å². The zero-order valence-corrected chi connectivity index (χ0v) is 14.4. The lowest BCUT2D eigenvalue weighted by molar-refractivity contribution is -0.143. The largest absolute Gasteiger partial charge is 0.457 e. The average Bonchev–Trinajstić information content (AvgIpc) is 2.77. The number of rotatable bonds is 3. The Bertz CT molecular complexity index is 1080. The van der Waals surface area contributed by atoms with Gasteiger partial charge in [0.05, 0.1) is 10.5 Å². The minimum atomic E-state index is -4.26. The molecule has 2 aromatic carbocycles. The number of aliphatic hydroxyl groups excluding tert-OH is 1. The molecule has 0 fully saturated rings. The number of benzene rings is 2. The second-order valence-electron chi connectivity index (χ2n) is 5.96. The molecule has 0 saturated carbocycles. The van der Waals surface area contributed by atoms with Gasteiger partial charge in [0, 0.05) is 23.4 Å². The topological polar surface area (TPSA) is 87.4 Å². The maximum atomic E-state index is 14.4. The fourth-order valence-electron chi connectivity index (χ4n) is 2.86. The summed E-state index contributed by atoms with van der Waals surface area (Å²) in [6, 6.07) is 6.40. The van der Waals surface area contributed by atoms with Gasteiger partial charge in [-0.1, -0.05) is 0 Å². The number of halogens is 4. The van der Waals surface area contributed by atoms with Crippen LogP contribution >= 0.6 is 0 Å².